The predicted octanol–water partition coefficient (Wildman–Crippen LogP) is 3.29. The molecule has 1 saturated carbocycles. The molecule has 0 aromatic carbocycles. The van der Waals surface area contributed by atoms with Crippen LogP contribution in [0.25, 0.3) is 0 Å². The van der Waals surface area contributed by atoms with Crippen molar-refractivity contribution in [2.75, 3.05) is 39.4 Å². The number of rotatable bonds is 12. The van der Waals surface area contributed by atoms with E-state index < -0.39 is 0 Å². The molecule has 0 unspecified atom stereocenters. The van der Waals surface area contributed by atoms with Gasteiger partial charge in [-0.1, -0.05) is 26.7 Å². The molecule has 0 aliphatic heterocycles. The SMILES string of the molecule is CCOCCCNCCN(CCC(C)C)C1CCCC1. The van der Waals surface area contributed by atoms with Crippen molar-refractivity contribution in [3.63, 3.8) is 0 Å². The maximum Gasteiger partial charge on any atom is 0.0477 e. The van der Waals surface area contributed by atoms with E-state index in [4.69, 9.17) is 4.74 Å². The second-order valence-electron chi connectivity index (χ2n) is 6.46. The van der Waals surface area contributed by atoms with E-state index in [9.17, 15) is 0 Å². The van der Waals surface area contributed by atoms with Crippen LogP contribution in [0.3, 0.4) is 0 Å². The van der Waals surface area contributed by atoms with Crippen LogP contribution in [0.5, 0.6) is 0 Å². The van der Waals surface area contributed by atoms with Gasteiger partial charge in [-0.15, -0.1) is 0 Å². The average molecular weight is 284 g/mol. The van der Waals surface area contributed by atoms with Crippen molar-refractivity contribution in [3.05, 3.63) is 0 Å². The van der Waals surface area contributed by atoms with E-state index in [2.05, 4.69) is 31.0 Å². The van der Waals surface area contributed by atoms with Crippen molar-refractivity contribution in [3.8, 4) is 0 Å². The molecule has 0 heterocycles. The molecule has 1 aliphatic rings. The summed E-state index contributed by atoms with van der Waals surface area (Å²) >= 11 is 0. The van der Waals surface area contributed by atoms with Gasteiger partial charge in [0, 0.05) is 32.3 Å². The van der Waals surface area contributed by atoms with E-state index in [-0.39, 0.29) is 0 Å². The first kappa shape index (κ1) is 17.9. The maximum atomic E-state index is 5.36. The molecule has 0 spiro atoms. The summed E-state index contributed by atoms with van der Waals surface area (Å²) in [6.07, 6.45) is 8.17. The number of nitrogens with one attached hydrogen (secondary N) is 1. The van der Waals surface area contributed by atoms with E-state index in [1.165, 1.54) is 45.2 Å². The number of hydrogen-bond donors (Lipinski definition) is 1. The van der Waals surface area contributed by atoms with Crippen molar-refractivity contribution in [2.24, 2.45) is 5.92 Å². The Bertz CT molecular complexity index is 215. The molecule has 1 aliphatic carbocycles. The zero-order chi connectivity index (χ0) is 14.6. The van der Waals surface area contributed by atoms with E-state index in [0.717, 1.165) is 44.7 Å². The molecule has 0 bridgehead atoms. The summed E-state index contributed by atoms with van der Waals surface area (Å²) in [6, 6.07) is 0.860. The Kier molecular flexibility index (Phi) is 10.3. The fourth-order valence-electron chi connectivity index (χ4n) is 2.96. The van der Waals surface area contributed by atoms with Gasteiger partial charge in [0.15, 0.2) is 0 Å². The summed E-state index contributed by atoms with van der Waals surface area (Å²) in [5.41, 5.74) is 0. The first-order chi connectivity index (χ1) is 9.74. The summed E-state index contributed by atoms with van der Waals surface area (Å²) in [5.74, 6) is 0.818. The molecule has 3 nitrogen and oxygen atoms in total. The van der Waals surface area contributed by atoms with Crippen molar-refractivity contribution < 1.29 is 4.74 Å². The fourth-order valence-corrected chi connectivity index (χ4v) is 2.96. The quantitative estimate of drug-likeness (QED) is 0.557. The minimum Gasteiger partial charge on any atom is -0.382 e. The molecule has 0 saturated heterocycles. The second kappa shape index (κ2) is 11.5. The van der Waals surface area contributed by atoms with Gasteiger partial charge in [0.1, 0.15) is 0 Å². The minimum absolute atomic E-state index is 0.818. The first-order valence-electron chi connectivity index (χ1n) is 8.76. The zero-order valence-corrected chi connectivity index (χ0v) is 14.0. The lowest BCUT2D eigenvalue weighted by Crippen LogP contribution is -2.39. The molecule has 1 fully saturated rings. The van der Waals surface area contributed by atoms with Crippen LogP contribution in [0.2, 0.25) is 0 Å². The van der Waals surface area contributed by atoms with E-state index in [1.54, 1.807) is 0 Å². The molecular weight excluding hydrogens is 248 g/mol. The van der Waals surface area contributed by atoms with Gasteiger partial charge in [0.25, 0.3) is 0 Å². The predicted molar refractivity (Wildman–Crippen MR) is 87.3 cm³/mol. The van der Waals surface area contributed by atoms with Crippen LogP contribution in [0.4, 0.5) is 0 Å². The summed E-state index contributed by atoms with van der Waals surface area (Å²) in [6.45, 7) is 13.2. The van der Waals surface area contributed by atoms with Gasteiger partial charge in [-0.25, -0.2) is 0 Å². The molecule has 1 rings (SSSR count). The largest absolute Gasteiger partial charge is 0.382 e. The van der Waals surface area contributed by atoms with Crippen LogP contribution in [-0.4, -0.2) is 50.3 Å². The summed E-state index contributed by atoms with van der Waals surface area (Å²) in [4.78, 5) is 2.74. The molecule has 120 valence electrons. The first-order valence-corrected chi connectivity index (χ1v) is 8.76. The Balaban J connectivity index is 2.12. The Morgan fingerprint density at radius 2 is 1.90 bits per heavy atom. The molecule has 1 N–H and O–H groups in total. The van der Waals surface area contributed by atoms with Crippen LogP contribution in [-0.2, 0) is 4.74 Å². The van der Waals surface area contributed by atoms with Gasteiger partial charge < -0.3 is 10.1 Å². The third-order valence-corrected chi connectivity index (χ3v) is 4.26. The third-order valence-electron chi connectivity index (χ3n) is 4.26. The maximum absolute atomic E-state index is 5.36. The lowest BCUT2D eigenvalue weighted by atomic mass is 10.1. The highest BCUT2D eigenvalue weighted by Gasteiger charge is 2.21. The minimum atomic E-state index is 0.818. The zero-order valence-electron chi connectivity index (χ0n) is 14.0. The van der Waals surface area contributed by atoms with Crippen molar-refractivity contribution in [2.45, 2.75) is 65.3 Å². The molecular formula is C17H36N2O. The Labute approximate surface area is 126 Å². The van der Waals surface area contributed by atoms with E-state index >= 15 is 0 Å². The number of ether oxygens (including phenoxy) is 1. The molecule has 3 heteroatoms. The Morgan fingerprint density at radius 3 is 2.55 bits per heavy atom. The highest BCUT2D eigenvalue weighted by Crippen LogP contribution is 2.23. The third kappa shape index (κ3) is 8.23. The van der Waals surface area contributed by atoms with Gasteiger partial charge >= 0.3 is 0 Å². The van der Waals surface area contributed by atoms with Crippen molar-refractivity contribution in [1.82, 2.24) is 10.2 Å². The standard InChI is InChI=1S/C17H36N2O/c1-4-20-15-7-11-18-12-14-19(13-10-16(2)3)17-8-5-6-9-17/h16-18H,4-15H2,1-3H3. The lowest BCUT2D eigenvalue weighted by Gasteiger charge is -2.29. The highest BCUT2D eigenvalue weighted by atomic mass is 16.5. The van der Waals surface area contributed by atoms with Crippen LogP contribution >= 0.6 is 0 Å². The van der Waals surface area contributed by atoms with Crippen LogP contribution in [0, 0.1) is 5.92 Å². The topological polar surface area (TPSA) is 24.5 Å². The van der Waals surface area contributed by atoms with E-state index in [1.807, 2.05) is 0 Å². The van der Waals surface area contributed by atoms with Gasteiger partial charge in [0.2, 0.25) is 0 Å². The van der Waals surface area contributed by atoms with E-state index in [0.29, 0.717) is 0 Å². The number of hydrogen-bond acceptors (Lipinski definition) is 3. The Morgan fingerprint density at radius 1 is 1.15 bits per heavy atom. The van der Waals surface area contributed by atoms with Gasteiger partial charge in [0.05, 0.1) is 0 Å². The average Bonchev–Trinajstić information content (AvgIpc) is 2.94. The number of nitrogens with zero attached hydrogens (tertiary/aromatic N) is 1. The molecule has 0 aromatic rings. The Hall–Kier alpha value is -0.120. The molecule has 0 amide bonds. The van der Waals surface area contributed by atoms with Gasteiger partial charge in [-0.3, -0.25) is 4.90 Å². The summed E-state index contributed by atoms with van der Waals surface area (Å²) in [7, 11) is 0. The molecule has 0 aromatic heterocycles. The molecule has 0 atom stereocenters. The van der Waals surface area contributed by atoms with Crippen LogP contribution < -0.4 is 5.32 Å². The van der Waals surface area contributed by atoms with Crippen LogP contribution in [0.15, 0.2) is 0 Å². The second-order valence-corrected chi connectivity index (χ2v) is 6.46. The normalized spacial score (nSPS) is 16.6. The summed E-state index contributed by atoms with van der Waals surface area (Å²) < 4.78 is 5.36. The van der Waals surface area contributed by atoms with Crippen molar-refractivity contribution >= 4 is 0 Å². The lowest BCUT2D eigenvalue weighted by molar-refractivity contribution is 0.143. The van der Waals surface area contributed by atoms with Crippen LogP contribution in [0.1, 0.15) is 59.3 Å². The van der Waals surface area contributed by atoms with Crippen molar-refractivity contribution in [1.29, 1.82) is 0 Å². The smallest absolute Gasteiger partial charge is 0.0477 e. The monoisotopic (exact) mass is 284 g/mol. The summed E-state index contributed by atoms with van der Waals surface area (Å²) in [5, 5.41) is 3.56. The highest BCUT2D eigenvalue weighted by molar-refractivity contribution is 4.78. The fraction of sp³-hybridized carbons (Fsp3) is 1.00. The van der Waals surface area contributed by atoms with Gasteiger partial charge in [-0.2, -0.15) is 0 Å². The van der Waals surface area contributed by atoms with Gasteiger partial charge in [-0.05, 0) is 51.6 Å². The molecule has 20 heavy (non-hydrogen) atoms. The molecule has 0 radical (unpaired) electrons.